The first-order chi connectivity index (χ1) is 11.8. The van der Waals surface area contributed by atoms with Crippen molar-refractivity contribution < 1.29 is 4.79 Å². The molecule has 0 aliphatic rings. The van der Waals surface area contributed by atoms with E-state index in [1.54, 1.807) is 6.07 Å². The van der Waals surface area contributed by atoms with Crippen LogP contribution >= 0.6 is 0 Å². The summed E-state index contributed by atoms with van der Waals surface area (Å²) in [5, 5.41) is 6.18. The number of amides is 1. The van der Waals surface area contributed by atoms with Gasteiger partial charge in [-0.05, 0) is 36.5 Å². The van der Waals surface area contributed by atoms with Crippen LogP contribution < -0.4 is 10.6 Å². The van der Waals surface area contributed by atoms with Crippen LogP contribution in [0.15, 0.2) is 30.3 Å². The summed E-state index contributed by atoms with van der Waals surface area (Å²) in [6.07, 6.45) is 2.00. The van der Waals surface area contributed by atoms with E-state index in [0.717, 1.165) is 24.2 Å². The largest absolute Gasteiger partial charge is 0.351 e. The topological polar surface area (TPSA) is 66.9 Å². The minimum atomic E-state index is -0.161. The zero-order valence-corrected chi connectivity index (χ0v) is 15.8. The van der Waals surface area contributed by atoms with Gasteiger partial charge in [0.05, 0.1) is 0 Å². The van der Waals surface area contributed by atoms with Gasteiger partial charge in [-0.3, -0.25) is 4.79 Å². The maximum absolute atomic E-state index is 12.3. The number of aryl methyl sites for hydroxylation is 1. The van der Waals surface area contributed by atoms with Crippen LogP contribution in [0, 0.1) is 6.92 Å². The van der Waals surface area contributed by atoms with Crippen LogP contribution in [0.5, 0.6) is 0 Å². The first kappa shape index (κ1) is 18.9. The molecule has 0 fully saturated rings. The molecule has 0 saturated heterocycles. The number of carbonyl (C=O) groups excluding carboxylic acids is 1. The molecule has 1 aromatic carbocycles. The number of hydrogen-bond acceptors (Lipinski definition) is 4. The van der Waals surface area contributed by atoms with Crippen molar-refractivity contribution in [3.63, 3.8) is 0 Å². The zero-order chi connectivity index (χ0) is 18.4. The van der Waals surface area contributed by atoms with Gasteiger partial charge in [-0.1, -0.05) is 52.3 Å². The first-order valence-electron chi connectivity index (χ1n) is 8.81. The van der Waals surface area contributed by atoms with E-state index in [9.17, 15) is 4.79 Å². The maximum atomic E-state index is 12.3. The number of unbranched alkanes of at least 4 members (excludes halogenated alkanes) is 1. The molecule has 2 rings (SSSR count). The second-order valence-electron chi connectivity index (χ2n) is 7.25. The molecule has 1 amide bonds. The summed E-state index contributed by atoms with van der Waals surface area (Å²) in [5.74, 6) is 0.281. The molecular weight excluding hydrogens is 312 g/mol. The Kier molecular flexibility index (Phi) is 6.12. The predicted molar refractivity (Wildman–Crippen MR) is 102 cm³/mol. The van der Waals surface area contributed by atoms with Gasteiger partial charge in [0.2, 0.25) is 5.95 Å². The van der Waals surface area contributed by atoms with Gasteiger partial charge in [-0.25, -0.2) is 9.97 Å². The highest BCUT2D eigenvalue weighted by molar-refractivity contribution is 5.92. The number of rotatable bonds is 6. The molecule has 5 heteroatoms. The highest BCUT2D eigenvalue weighted by Crippen LogP contribution is 2.30. The lowest BCUT2D eigenvalue weighted by Crippen LogP contribution is -2.26. The molecule has 25 heavy (non-hydrogen) atoms. The van der Waals surface area contributed by atoms with E-state index >= 15 is 0 Å². The Bertz CT molecular complexity index is 735. The standard InChI is InChI=1S/C20H28N4O/c1-6-7-12-21-18(25)17-13-14(2)22-19(24-17)23-16-11-9-8-10-15(16)20(3,4)5/h8-11,13H,6-7,12H2,1-5H3,(H,21,25)(H,22,23,24). The molecule has 0 radical (unpaired) electrons. The van der Waals surface area contributed by atoms with Crippen LogP contribution in [0.25, 0.3) is 0 Å². The molecule has 134 valence electrons. The Morgan fingerprint density at radius 1 is 1.16 bits per heavy atom. The van der Waals surface area contributed by atoms with Crippen LogP contribution in [0.4, 0.5) is 11.6 Å². The van der Waals surface area contributed by atoms with Crippen molar-refractivity contribution in [2.75, 3.05) is 11.9 Å². The summed E-state index contributed by atoms with van der Waals surface area (Å²) in [4.78, 5) is 21.1. The second kappa shape index (κ2) is 8.10. The van der Waals surface area contributed by atoms with Crippen molar-refractivity contribution in [3.8, 4) is 0 Å². The number of benzene rings is 1. The van der Waals surface area contributed by atoms with E-state index < -0.39 is 0 Å². The van der Waals surface area contributed by atoms with Gasteiger partial charge in [0.15, 0.2) is 0 Å². The molecule has 0 atom stereocenters. The summed E-state index contributed by atoms with van der Waals surface area (Å²) in [7, 11) is 0. The van der Waals surface area contributed by atoms with Gasteiger partial charge in [0.1, 0.15) is 5.69 Å². The van der Waals surface area contributed by atoms with Gasteiger partial charge in [0.25, 0.3) is 5.91 Å². The fourth-order valence-electron chi connectivity index (χ4n) is 2.58. The Labute approximate surface area is 150 Å². The van der Waals surface area contributed by atoms with Gasteiger partial charge < -0.3 is 10.6 Å². The summed E-state index contributed by atoms with van der Waals surface area (Å²) in [6, 6.07) is 9.81. The minimum Gasteiger partial charge on any atom is -0.351 e. The number of nitrogens with one attached hydrogen (secondary N) is 2. The number of anilines is 2. The molecular formula is C20H28N4O. The van der Waals surface area contributed by atoms with Crippen molar-refractivity contribution in [2.24, 2.45) is 0 Å². The predicted octanol–water partition coefficient (Wildman–Crippen LogP) is 4.36. The van der Waals surface area contributed by atoms with Crippen LogP contribution in [0.3, 0.4) is 0 Å². The summed E-state index contributed by atoms with van der Waals surface area (Å²) in [6.45, 7) is 11.1. The zero-order valence-electron chi connectivity index (χ0n) is 15.8. The first-order valence-corrected chi connectivity index (χ1v) is 8.81. The summed E-state index contributed by atoms with van der Waals surface area (Å²) >= 11 is 0. The van der Waals surface area contributed by atoms with Gasteiger partial charge >= 0.3 is 0 Å². The number of aromatic nitrogens is 2. The van der Waals surface area contributed by atoms with Gasteiger partial charge in [-0.15, -0.1) is 0 Å². The average Bonchev–Trinajstić information content (AvgIpc) is 2.54. The van der Waals surface area contributed by atoms with Gasteiger partial charge in [-0.2, -0.15) is 0 Å². The number of hydrogen-bond donors (Lipinski definition) is 2. The minimum absolute atomic E-state index is 0.00617. The van der Waals surface area contributed by atoms with Gasteiger partial charge in [0, 0.05) is 17.9 Å². The third kappa shape index (κ3) is 5.28. The van der Waals surface area contributed by atoms with E-state index in [1.165, 1.54) is 5.56 Å². The van der Waals surface area contributed by atoms with Crippen molar-refractivity contribution in [1.29, 1.82) is 0 Å². The number of nitrogens with zero attached hydrogens (tertiary/aromatic N) is 2. The second-order valence-corrected chi connectivity index (χ2v) is 7.25. The maximum Gasteiger partial charge on any atom is 0.270 e. The highest BCUT2D eigenvalue weighted by Gasteiger charge is 2.18. The average molecular weight is 340 g/mol. The van der Waals surface area contributed by atoms with Crippen LogP contribution in [0.1, 0.15) is 62.3 Å². The quantitative estimate of drug-likeness (QED) is 0.767. The fourth-order valence-corrected chi connectivity index (χ4v) is 2.58. The van der Waals surface area contributed by atoms with Crippen molar-refractivity contribution in [2.45, 2.75) is 52.9 Å². The molecule has 0 unspecified atom stereocenters. The van der Waals surface area contributed by atoms with Crippen molar-refractivity contribution >= 4 is 17.5 Å². The molecule has 0 aliphatic heterocycles. The molecule has 0 aliphatic carbocycles. The fraction of sp³-hybridized carbons (Fsp3) is 0.450. The van der Waals surface area contributed by atoms with Crippen LogP contribution in [-0.2, 0) is 5.41 Å². The summed E-state index contributed by atoms with van der Waals surface area (Å²) < 4.78 is 0. The third-order valence-corrected chi connectivity index (χ3v) is 3.88. The Hall–Kier alpha value is -2.43. The molecule has 0 saturated carbocycles. The Morgan fingerprint density at radius 2 is 1.88 bits per heavy atom. The molecule has 0 bridgehead atoms. The summed E-state index contributed by atoms with van der Waals surface area (Å²) in [5.41, 5.74) is 3.27. The Morgan fingerprint density at radius 3 is 2.56 bits per heavy atom. The lowest BCUT2D eigenvalue weighted by Gasteiger charge is -2.23. The molecule has 2 aromatic rings. The normalized spacial score (nSPS) is 11.2. The smallest absolute Gasteiger partial charge is 0.270 e. The Balaban J connectivity index is 2.25. The lowest BCUT2D eigenvalue weighted by atomic mass is 9.86. The van der Waals surface area contributed by atoms with E-state index in [1.807, 2.05) is 25.1 Å². The van der Waals surface area contributed by atoms with E-state index in [4.69, 9.17) is 0 Å². The van der Waals surface area contributed by atoms with Crippen molar-refractivity contribution in [1.82, 2.24) is 15.3 Å². The number of carbonyl (C=O) groups is 1. The molecule has 1 heterocycles. The van der Waals surface area contributed by atoms with E-state index in [0.29, 0.717) is 18.2 Å². The monoisotopic (exact) mass is 340 g/mol. The lowest BCUT2D eigenvalue weighted by molar-refractivity contribution is 0.0948. The van der Waals surface area contributed by atoms with Crippen LogP contribution in [-0.4, -0.2) is 22.4 Å². The van der Waals surface area contributed by atoms with Crippen molar-refractivity contribution in [3.05, 3.63) is 47.3 Å². The highest BCUT2D eigenvalue weighted by atomic mass is 16.1. The van der Waals surface area contributed by atoms with E-state index in [-0.39, 0.29) is 11.3 Å². The van der Waals surface area contributed by atoms with E-state index in [2.05, 4.69) is 54.4 Å². The van der Waals surface area contributed by atoms with Crippen LogP contribution in [0.2, 0.25) is 0 Å². The molecule has 2 N–H and O–H groups in total. The molecule has 5 nitrogen and oxygen atoms in total. The molecule has 1 aromatic heterocycles. The number of para-hydroxylation sites is 1. The third-order valence-electron chi connectivity index (χ3n) is 3.88. The molecule has 0 spiro atoms. The SMILES string of the molecule is CCCCNC(=O)c1cc(C)nc(Nc2ccccc2C(C)(C)C)n1.